The van der Waals surface area contributed by atoms with Crippen LogP contribution in [0.4, 0.5) is 8.78 Å². The van der Waals surface area contributed by atoms with E-state index in [4.69, 9.17) is 9.72 Å². The Balaban J connectivity index is 1.53. The summed E-state index contributed by atoms with van der Waals surface area (Å²) in [6, 6.07) is 13.3. The molecule has 0 N–H and O–H groups in total. The molecule has 0 spiro atoms. The molecule has 1 aliphatic heterocycles. The lowest BCUT2D eigenvalue weighted by atomic mass is 10.0. The number of nitrogens with zero attached hydrogens (tertiary/aromatic N) is 2. The van der Waals surface area contributed by atoms with Crippen LogP contribution < -0.4 is 0 Å². The van der Waals surface area contributed by atoms with E-state index in [1.165, 1.54) is 0 Å². The van der Waals surface area contributed by atoms with Gasteiger partial charge in [0.15, 0.2) is 9.84 Å². The summed E-state index contributed by atoms with van der Waals surface area (Å²) in [5.41, 5.74) is 2.97. The molecular formula is C26H22F2N2O3S2. The van der Waals surface area contributed by atoms with Crippen molar-refractivity contribution in [2.75, 3.05) is 13.2 Å². The number of halogens is 2. The highest BCUT2D eigenvalue weighted by atomic mass is 32.2. The standard InChI is InChI=1S/C26H22F2N2O3S2/c27-21-4-5-22(28)23(15-21)35(31,32)16-17-2-1-3-20(14-17)24-25(18-6-10-29-11-7-18)34-26(30-24)19-8-12-33-13-9-19/h1-7,10-11,14-15,19H,8-9,12-13,16H2. The Bertz CT molecular complexity index is 1450. The second kappa shape index (κ2) is 9.93. The maximum atomic E-state index is 14.2. The fraction of sp³-hybridized carbons (Fsp3) is 0.231. The van der Waals surface area contributed by atoms with Gasteiger partial charge in [0, 0.05) is 37.1 Å². The summed E-state index contributed by atoms with van der Waals surface area (Å²) in [5, 5.41) is 1.02. The average molecular weight is 513 g/mol. The van der Waals surface area contributed by atoms with Crippen LogP contribution in [-0.2, 0) is 20.3 Å². The normalized spacial score (nSPS) is 14.8. The van der Waals surface area contributed by atoms with Gasteiger partial charge in [-0.25, -0.2) is 22.2 Å². The van der Waals surface area contributed by atoms with E-state index in [1.807, 2.05) is 18.2 Å². The third kappa shape index (κ3) is 5.17. The molecule has 5 nitrogen and oxygen atoms in total. The number of ether oxygens (including phenoxy) is 1. The van der Waals surface area contributed by atoms with Gasteiger partial charge in [0.1, 0.15) is 16.5 Å². The third-order valence-corrected chi connectivity index (χ3v) is 8.91. The number of sulfone groups is 1. The van der Waals surface area contributed by atoms with Crippen LogP contribution >= 0.6 is 11.3 Å². The molecule has 0 saturated carbocycles. The molecule has 4 aromatic rings. The molecule has 2 aromatic heterocycles. The first-order valence-corrected chi connectivity index (χ1v) is 13.6. The second-order valence-electron chi connectivity index (χ2n) is 8.39. The van der Waals surface area contributed by atoms with E-state index in [9.17, 15) is 17.2 Å². The molecule has 1 saturated heterocycles. The van der Waals surface area contributed by atoms with Crippen molar-refractivity contribution in [3.63, 3.8) is 0 Å². The summed E-state index contributed by atoms with van der Waals surface area (Å²) < 4.78 is 59.0. The molecule has 5 rings (SSSR count). The molecule has 1 aliphatic rings. The van der Waals surface area contributed by atoms with Crippen LogP contribution in [0.2, 0.25) is 0 Å². The van der Waals surface area contributed by atoms with Crippen molar-refractivity contribution < 1.29 is 21.9 Å². The topological polar surface area (TPSA) is 69.2 Å². The summed E-state index contributed by atoms with van der Waals surface area (Å²) in [7, 11) is -4.09. The largest absolute Gasteiger partial charge is 0.381 e. The zero-order valence-electron chi connectivity index (χ0n) is 18.7. The smallest absolute Gasteiger partial charge is 0.185 e. The second-order valence-corrected chi connectivity index (χ2v) is 11.4. The van der Waals surface area contributed by atoms with Crippen molar-refractivity contribution in [2.45, 2.75) is 29.4 Å². The van der Waals surface area contributed by atoms with Crippen LogP contribution in [0.3, 0.4) is 0 Å². The van der Waals surface area contributed by atoms with E-state index in [2.05, 4.69) is 4.98 Å². The number of benzene rings is 2. The monoisotopic (exact) mass is 512 g/mol. The maximum Gasteiger partial charge on any atom is 0.185 e. The fourth-order valence-electron chi connectivity index (χ4n) is 4.17. The first-order chi connectivity index (χ1) is 16.9. The van der Waals surface area contributed by atoms with Crippen molar-refractivity contribution >= 4 is 21.2 Å². The maximum absolute atomic E-state index is 14.2. The number of thiazole rings is 1. The predicted molar refractivity (Wildman–Crippen MR) is 131 cm³/mol. The molecule has 2 aromatic carbocycles. The van der Waals surface area contributed by atoms with Crippen molar-refractivity contribution in [2.24, 2.45) is 0 Å². The molecular weight excluding hydrogens is 490 g/mol. The predicted octanol–water partition coefficient (Wildman–Crippen LogP) is 6.02. The molecule has 180 valence electrons. The summed E-state index contributed by atoms with van der Waals surface area (Å²) in [6.07, 6.45) is 5.26. The lowest BCUT2D eigenvalue weighted by Gasteiger charge is -2.19. The van der Waals surface area contributed by atoms with Crippen LogP contribution in [0.25, 0.3) is 21.7 Å². The van der Waals surface area contributed by atoms with Crippen LogP contribution in [0.5, 0.6) is 0 Å². The molecule has 3 heterocycles. The Morgan fingerprint density at radius 3 is 2.51 bits per heavy atom. The van der Waals surface area contributed by atoms with Crippen molar-refractivity contribution in [1.82, 2.24) is 9.97 Å². The molecule has 0 aliphatic carbocycles. The minimum absolute atomic E-state index is 0.308. The average Bonchev–Trinajstić information content (AvgIpc) is 3.32. The van der Waals surface area contributed by atoms with Gasteiger partial charge >= 0.3 is 0 Å². The Kier molecular flexibility index (Phi) is 6.73. The molecule has 0 radical (unpaired) electrons. The lowest BCUT2D eigenvalue weighted by Crippen LogP contribution is -2.13. The first kappa shape index (κ1) is 23.7. The molecule has 35 heavy (non-hydrogen) atoms. The first-order valence-electron chi connectivity index (χ1n) is 11.2. The van der Waals surface area contributed by atoms with Gasteiger partial charge in [0.2, 0.25) is 0 Å². The molecule has 0 unspecified atom stereocenters. The molecule has 1 fully saturated rings. The Labute approximate surface area is 206 Å². The van der Waals surface area contributed by atoms with E-state index in [0.717, 1.165) is 57.7 Å². The summed E-state index contributed by atoms with van der Waals surface area (Å²) in [6.45, 7) is 1.41. The lowest BCUT2D eigenvalue weighted by molar-refractivity contribution is 0.0853. The van der Waals surface area contributed by atoms with Gasteiger partial charge in [0.05, 0.1) is 21.3 Å². The summed E-state index contributed by atoms with van der Waals surface area (Å²) in [5.74, 6) is -1.92. The van der Waals surface area contributed by atoms with Gasteiger partial charge in [-0.3, -0.25) is 4.98 Å². The molecule has 9 heteroatoms. The summed E-state index contributed by atoms with van der Waals surface area (Å²) in [4.78, 5) is 9.43. The van der Waals surface area contributed by atoms with Crippen molar-refractivity contribution in [3.8, 4) is 21.7 Å². The zero-order valence-corrected chi connectivity index (χ0v) is 20.3. The zero-order chi connectivity index (χ0) is 24.4. The van der Waals surface area contributed by atoms with Gasteiger partial charge in [-0.1, -0.05) is 18.2 Å². The number of hydrogen-bond acceptors (Lipinski definition) is 6. The van der Waals surface area contributed by atoms with Gasteiger partial charge < -0.3 is 4.74 Å². The van der Waals surface area contributed by atoms with Crippen LogP contribution in [0, 0.1) is 11.6 Å². The number of aromatic nitrogens is 2. The highest BCUT2D eigenvalue weighted by Gasteiger charge is 2.24. The fourth-order valence-corrected chi connectivity index (χ4v) is 6.87. The Morgan fingerprint density at radius 1 is 0.971 bits per heavy atom. The van der Waals surface area contributed by atoms with Crippen molar-refractivity contribution in [3.05, 3.63) is 89.2 Å². The van der Waals surface area contributed by atoms with Gasteiger partial charge in [-0.2, -0.15) is 0 Å². The number of hydrogen-bond donors (Lipinski definition) is 0. The van der Waals surface area contributed by atoms with E-state index >= 15 is 0 Å². The van der Waals surface area contributed by atoms with Gasteiger partial charge in [-0.05, 0) is 60.4 Å². The van der Waals surface area contributed by atoms with E-state index < -0.39 is 32.1 Å². The summed E-state index contributed by atoms with van der Waals surface area (Å²) >= 11 is 1.63. The van der Waals surface area contributed by atoms with E-state index in [-0.39, 0.29) is 0 Å². The molecule has 0 atom stereocenters. The minimum atomic E-state index is -4.09. The van der Waals surface area contributed by atoms with Gasteiger partial charge in [0.25, 0.3) is 0 Å². The van der Waals surface area contributed by atoms with Crippen molar-refractivity contribution in [1.29, 1.82) is 0 Å². The molecule has 0 amide bonds. The van der Waals surface area contributed by atoms with E-state index in [0.29, 0.717) is 24.7 Å². The Hall–Kier alpha value is -3.01. The highest BCUT2D eigenvalue weighted by Crippen LogP contribution is 2.41. The quantitative estimate of drug-likeness (QED) is 0.316. The van der Waals surface area contributed by atoms with Crippen LogP contribution in [0.1, 0.15) is 29.3 Å². The Morgan fingerprint density at radius 2 is 1.74 bits per heavy atom. The van der Waals surface area contributed by atoms with Gasteiger partial charge in [-0.15, -0.1) is 11.3 Å². The number of pyridine rings is 1. The highest BCUT2D eigenvalue weighted by molar-refractivity contribution is 7.90. The van der Waals surface area contributed by atoms with Crippen LogP contribution in [0.15, 0.2) is 71.9 Å². The SMILES string of the molecule is O=S(=O)(Cc1cccc(-c2nc(C3CCOCC3)sc2-c2ccncc2)c1)c1cc(F)ccc1F. The molecule has 0 bridgehead atoms. The third-order valence-electron chi connectivity index (χ3n) is 5.94. The van der Waals surface area contributed by atoms with E-state index in [1.54, 1.807) is 41.9 Å². The number of rotatable bonds is 6. The minimum Gasteiger partial charge on any atom is -0.381 e. The van der Waals surface area contributed by atoms with Crippen LogP contribution in [-0.4, -0.2) is 31.6 Å².